The Balaban J connectivity index is 1.69. The van der Waals surface area contributed by atoms with Crippen LogP contribution < -0.4 is 10.6 Å². The third-order valence-electron chi connectivity index (χ3n) is 5.56. The zero-order valence-corrected chi connectivity index (χ0v) is 16.1. The van der Waals surface area contributed by atoms with Crippen LogP contribution in [0.25, 0.3) is 0 Å². The van der Waals surface area contributed by atoms with Gasteiger partial charge in [-0.05, 0) is 30.9 Å². The van der Waals surface area contributed by atoms with Crippen molar-refractivity contribution in [2.24, 2.45) is 12.0 Å². The summed E-state index contributed by atoms with van der Waals surface area (Å²) >= 11 is 0. The van der Waals surface area contributed by atoms with Crippen LogP contribution >= 0.6 is 0 Å². The lowest BCUT2D eigenvalue weighted by molar-refractivity contribution is 0.290. The topological polar surface area (TPSA) is 67.1 Å². The molecule has 0 atom stereocenters. The first-order chi connectivity index (χ1) is 12.6. The number of benzene rings is 1. The van der Waals surface area contributed by atoms with Crippen LogP contribution in [0.5, 0.6) is 0 Å². The Bertz CT molecular complexity index is 742. The summed E-state index contributed by atoms with van der Waals surface area (Å²) in [5, 5.41) is 11.0. The van der Waals surface area contributed by atoms with Crippen LogP contribution in [0.2, 0.25) is 0 Å². The molecule has 0 spiro atoms. The molecule has 3 rings (SSSR count). The summed E-state index contributed by atoms with van der Waals surface area (Å²) in [6, 6.07) is 8.83. The van der Waals surface area contributed by atoms with E-state index in [1.807, 2.05) is 14.1 Å². The lowest BCUT2D eigenvalue weighted by Crippen LogP contribution is -2.46. The normalized spacial score (nSPS) is 17.1. The van der Waals surface area contributed by atoms with Gasteiger partial charge in [-0.25, -0.2) is 4.98 Å². The van der Waals surface area contributed by atoms with Crippen molar-refractivity contribution < 1.29 is 0 Å². The summed E-state index contributed by atoms with van der Waals surface area (Å²) in [6.07, 6.45) is 7.95. The van der Waals surface area contributed by atoms with Gasteiger partial charge < -0.3 is 10.6 Å². The zero-order valence-electron chi connectivity index (χ0n) is 16.1. The maximum Gasteiger partial charge on any atom is 0.191 e. The van der Waals surface area contributed by atoms with E-state index in [-0.39, 0.29) is 5.41 Å². The molecule has 0 radical (unpaired) electrons. The van der Waals surface area contributed by atoms with Crippen LogP contribution in [0.4, 0.5) is 0 Å². The molecule has 0 saturated heterocycles. The van der Waals surface area contributed by atoms with Crippen LogP contribution in [0.1, 0.15) is 49.1 Å². The molecule has 0 amide bonds. The van der Waals surface area contributed by atoms with Gasteiger partial charge in [-0.3, -0.25) is 9.67 Å². The molecule has 6 heteroatoms. The van der Waals surface area contributed by atoms with Crippen molar-refractivity contribution in [1.82, 2.24) is 25.4 Å². The van der Waals surface area contributed by atoms with E-state index in [9.17, 15) is 0 Å². The second-order valence-electron chi connectivity index (χ2n) is 7.24. The largest absolute Gasteiger partial charge is 0.356 e. The predicted octanol–water partition coefficient (Wildman–Crippen LogP) is 2.69. The van der Waals surface area contributed by atoms with Crippen molar-refractivity contribution in [3.8, 4) is 0 Å². The summed E-state index contributed by atoms with van der Waals surface area (Å²) < 4.78 is 1.77. The molecule has 1 saturated carbocycles. The van der Waals surface area contributed by atoms with Crippen LogP contribution in [0.15, 0.2) is 35.6 Å². The number of aromatic nitrogens is 3. The van der Waals surface area contributed by atoms with Crippen LogP contribution in [-0.2, 0) is 19.0 Å². The van der Waals surface area contributed by atoms with Gasteiger partial charge in [-0.1, -0.05) is 43.5 Å². The van der Waals surface area contributed by atoms with Gasteiger partial charge in [0, 0.05) is 26.1 Å². The Hall–Kier alpha value is -2.37. The second kappa shape index (κ2) is 8.34. The van der Waals surface area contributed by atoms with E-state index in [1.54, 1.807) is 11.0 Å². The Morgan fingerprint density at radius 3 is 2.62 bits per heavy atom. The number of nitrogens with zero attached hydrogens (tertiary/aromatic N) is 4. The molecule has 0 bridgehead atoms. The molecule has 2 N–H and O–H groups in total. The van der Waals surface area contributed by atoms with Gasteiger partial charge in [0.1, 0.15) is 12.2 Å². The Kier molecular flexibility index (Phi) is 5.91. The standard InChI is InChI=1S/C20H30N6/c1-16-9-5-6-10-17(16)20(11-7-4-8-12-20)14-23-19(21-2)22-13-18-24-15-25-26(18)3/h5-6,9-10,15H,4,7-8,11-14H2,1-3H3,(H2,21,22,23). The molecule has 0 unspecified atom stereocenters. The zero-order chi connectivity index (χ0) is 18.4. The maximum absolute atomic E-state index is 4.39. The van der Waals surface area contributed by atoms with Crippen molar-refractivity contribution in [3.63, 3.8) is 0 Å². The average molecular weight is 355 g/mol. The summed E-state index contributed by atoms with van der Waals surface area (Å²) in [5.74, 6) is 1.70. The molecule has 1 aromatic heterocycles. The second-order valence-corrected chi connectivity index (χ2v) is 7.24. The van der Waals surface area contributed by atoms with Gasteiger partial charge >= 0.3 is 0 Å². The molecule has 6 nitrogen and oxygen atoms in total. The highest BCUT2D eigenvalue weighted by molar-refractivity contribution is 5.79. The van der Waals surface area contributed by atoms with E-state index in [0.29, 0.717) is 6.54 Å². The molecule has 1 aliphatic carbocycles. The van der Waals surface area contributed by atoms with Crippen molar-refractivity contribution in [2.45, 2.75) is 51.0 Å². The fraction of sp³-hybridized carbons (Fsp3) is 0.550. The third-order valence-corrected chi connectivity index (χ3v) is 5.56. The molecule has 1 heterocycles. The fourth-order valence-corrected chi connectivity index (χ4v) is 4.05. The average Bonchev–Trinajstić information content (AvgIpc) is 3.08. The van der Waals surface area contributed by atoms with Crippen molar-refractivity contribution in [3.05, 3.63) is 47.5 Å². The molecular weight excluding hydrogens is 324 g/mol. The summed E-state index contributed by atoms with van der Waals surface area (Å²) in [4.78, 5) is 8.64. The Morgan fingerprint density at radius 1 is 1.19 bits per heavy atom. The monoisotopic (exact) mass is 354 g/mol. The van der Waals surface area contributed by atoms with Gasteiger partial charge in [-0.2, -0.15) is 5.10 Å². The Morgan fingerprint density at radius 2 is 1.96 bits per heavy atom. The van der Waals surface area contributed by atoms with E-state index < -0.39 is 0 Å². The summed E-state index contributed by atoms with van der Waals surface area (Å²) in [5.41, 5.74) is 3.06. The van der Waals surface area contributed by atoms with E-state index >= 15 is 0 Å². The number of rotatable bonds is 5. The maximum atomic E-state index is 4.39. The minimum Gasteiger partial charge on any atom is -0.356 e. The van der Waals surface area contributed by atoms with Crippen LogP contribution in [0, 0.1) is 6.92 Å². The third kappa shape index (κ3) is 4.06. The highest BCUT2D eigenvalue weighted by atomic mass is 15.3. The van der Waals surface area contributed by atoms with Gasteiger partial charge in [-0.15, -0.1) is 0 Å². The molecule has 0 aliphatic heterocycles. The first-order valence-electron chi connectivity index (χ1n) is 9.48. The number of nitrogens with one attached hydrogen (secondary N) is 2. The first kappa shape index (κ1) is 18.4. The van der Waals surface area contributed by atoms with Gasteiger partial charge in [0.15, 0.2) is 5.96 Å². The van der Waals surface area contributed by atoms with Crippen molar-refractivity contribution >= 4 is 5.96 Å². The van der Waals surface area contributed by atoms with Gasteiger partial charge in [0.05, 0.1) is 6.54 Å². The lowest BCUT2D eigenvalue weighted by Gasteiger charge is -2.39. The number of hydrogen-bond donors (Lipinski definition) is 2. The number of hydrogen-bond acceptors (Lipinski definition) is 3. The summed E-state index contributed by atoms with van der Waals surface area (Å²) in [7, 11) is 3.71. The van der Waals surface area contributed by atoms with E-state index in [1.165, 1.54) is 43.2 Å². The fourth-order valence-electron chi connectivity index (χ4n) is 4.05. The highest BCUT2D eigenvalue weighted by Gasteiger charge is 2.34. The smallest absolute Gasteiger partial charge is 0.191 e. The number of guanidine groups is 1. The molecule has 1 aromatic carbocycles. The van der Waals surface area contributed by atoms with E-state index in [4.69, 9.17) is 0 Å². The minimum absolute atomic E-state index is 0.187. The van der Waals surface area contributed by atoms with Gasteiger partial charge in [0.2, 0.25) is 0 Å². The van der Waals surface area contributed by atoms with Crippen LogP contribution in [-0.4, -0.2) is 34.3 Å². The molecule has 2 aromatic rings. The van der Waals surface area contributed by atoms with E-state index in [2.05, 4.69) is 56.9 Å². The van der Waals surface area contributed by atoms with Crippen molar-refractivity contribution in [1.29, 1.82) is 0 Å². The predicted molar refractivity (Wildman–Crippen MR) is 105 cm³/mol. The quantitative estimate of drug-likeness (QED) is 0.640. The van der Waals surface area contributed by atoms with Crippen LogP contribution in [0.3, 0.4) is 0 Å². The van der Waals surface area contributed by atoms with Gasteiger partial charge in [0.25, 0.3) is 0 Å². The molecule has 1 aliphatic rings. The van der Waals surface area contributed by atoms with E-state index in [0.717, 1.165) is 18.3 Å². The molecular formula is C20H30N6. The number of aliphatic imine (C=N–C) groups is 1. The minimum atomic E-state index is 0.187. The molecule has 140 valence electrons. The Labute approximate surface area is 156 Å². The number of aryl methyl sites for hydroxylation is 2. The SMILES string of the molecule is CN=C(NCc1ncnn1C)NCC1(c2ccccc2C)CCCCC1. The highest BCUT2D eigenvalue weighted by Crippen LogP contribution is 2.40. The first-order valence-corrected chi connectivity index (χ1v) is 9.48. The van der Waals surface area contributed by atoms with Crippen molar-refractivity contribution in [2.75, 3.05) is 13.6 Å². The molecule has 1 fully saturated rings. The summed E-state index contributed by atoms with van der Waals surface area (Å²) in [6.45, 7) is 3.73. The molecule has 26 heavy (non-hydrogen) atoms. The lowest BCUT2D eigenvalue weighted by atomic mass is 9.68.